The average Bonchev–Trinajstić information content (AvgIpc) is 3.44. The first-order valence-electron chi connectivity index (χ1n) is 12.1. The number of carboxylic acid groups (broad SMARTS) is 1. The first kappa shape index (κ1) is 28.4. The predicted octanol–water partition coefficient (Wildman–Crippen LogP) is 2.98. The lowest BCUT2D eigenvalue weighted by Crippen LogP contribution is -2.45. The molecule has 0 bridgehead atoms. The number of hydrogen-bond donors (Lipinski definition) is 4. The number of nitrogens with zero attached hydrogens (tertiary/aromatic N) is 1. The van der Waals surface area contributed by atoms with Gasteiger partial charge in [-0.2, -0.15) is 5.10 Å². The van der Waals surface area contributed by atoms with Crippen molar-refractivity contribution in [3.8, 4) is 22.8 Å². The van der Waals surface area contributed by atoms with Gasteiger partial charge in [0, 0.05) is 11.3 Å². The number of methoxy groups -OCH3 is 2. The number of benzene rings is 2. The minimum atomic E-state index is -1.02. The van der Waals surface area contributed by atoms with E-state index in [0.29, 0.717) is 28.3 Å². The molecule has 2 aromatic carbocycles. The Labute approximate surface area is 233 Å². The highest BCUT2D eigenvalue weighted by molar-refractivity contribution is 5.95. The molecule has 3 amide bonds. The van der Waals surface area contributed by atoms with Crippen LogP contribution in [0.5, 0.6) is 11.5 Å². The molecular weight excluding hydrogens is 536 g/mol. The summed E-state index contributed by atoms with van der Waals surface area (Å²) in [6, 6.07) is 13.0. The molecule has 0 fully saturated rings. The molecule has 4 rings (SSSR count). The number of aromatic carboxylic acids is 1. The molecule has 0 saturated carbocycles. The molecule has 0 aliphatic carbocycles. The van der Waals surface area contributed by atoms with Crippen molar-refractivity contribution in [2.24, 2.45) is 5.10 Å². The van der Waals surface area contributed by atoms with Gasteiger partial charge in [-0.3, -0.25) is 4.79 Å². The summed E-state index contributed by atoms with van der Waals surface area (Å²) in [6.07, 6.45) is 1.31. The number of furan rings is 1. The summed E-state index contributed by atoms with van der Waals surface area (Å²) in [5, 5.41) is 18.1. The van der Waals surface area contributed by atoms with Crippen LogP contribution in [0.15, 0.2) is 75.4 Å². The van der Waals surface area contributed by atoms with Crippen LogP contribution in [0.4, 0.5) is 4.79 Å². The molecule has 41 heavy (non-hydrogen) atoms. The maximum absolute atomic E-state index is 12.3. The summed E-state index contributed by atoms with van der Waals surface area (Å²) in [5.74, 6) is -0.790. The number of amides is 3. The summed E-state index contributed by atoms with van der Waals surface area (Å²) >= 11 is 0. The number of hydrogen-bond acceptors (Lipinski definition) is 9. The van der Waals surface area contributed by atoms with Gasteiger partial charge >= 0.3 is 18.0 Å². The van der Waals surface area contributed by atoms with Gasteiger partial charge in [0.1, 0.15) is 11.5 Å². The summed E-state index contributed by atoms with van der Waals surface area (Å²) in [5.41, 5.74) is 4.31. The second-order valence-corrected chi connectivity index (χ2v) is 8.64. The molecule has 13 heteroatoms. The van der Waals surface area contributed by atoms with E-state index in [2.05, 4.69) is 21.2 Å². The Morgan fingerprint density at radius 2 is 1.83 bits per heavy atom. The first-order chi connectivity index (χ1) is 19.7. The Kier molecular flexibility index (Phi) is 8.67. The topological polar surface area (TPSA) is 178 Å². The van der Waals surface area contributed by atoms with Gasteiger partial charge in [-0.05, 0) is 48.9 Å². The number of hydrazone groups is 1. The highest BCUT2D eigenvalue weighted by atomic mass is 16.5. The number of carboxylic acids is 1. The van der Waals surface area contributed by atoms with Crippen molar-refractivity contribution in [2.75, 3.05) is 20.8 Å². The molecule has 1 aliphatic heterocycles. The van der Waals surface area contributed by atoms with Crippen LogP contribution in [0.3, 0.4) is 0 Å². The van der Waals surface area contributed by atoms with Crippen LogP contribution in [0.25, 0.3) is 11.3 Å². The normalized spacial score (nSPS) is 14.7. The van der Waals surface area contributed by atoms with Crippen molar-refractivity contribution in [1.29, 1.82) is 0 Å². The summed E-state index contributed by atoms with van der Waals surface area (Å²) in [7, 11) is 2.66. The lowest BCUT2D eigenvalue weighted by Gasteiger charge is -2.28. The second-order valence-electron chi connectivity index (χ2n) is 8.64. The zero-order valence-electron chi connectivity index (χ0n) is 22.2. The van der Waals surface area contributed by atoms with Gasteiger partial charge in [-0.25, -0.2) is 19.8 Å². The zero-order valence-corrected chi connectivity index (χ0v) is 22.2. The van der Waals surface area contributed by atoms with Gasteiger partial charge in [0.2, 0.25) is 0 Å². The van der Waals surface area contributed by atoms with E-state index < -0.39 is 29.9 Å². The molecule has 1 atom stereocenters. The van der Waals surface area contributed by atoms with E-state index >= 15 is 0 Å². The fourth-order valence-corrected chi connectivity index (χ4v) is 4.01. The van der Waals surface area contributed by atoms with E-state index in [4.69, 9.17) is 23.7 Å². The zero-order chi connectivity index (χ0) is 29.5. The Morgan fingerprint density at radius 3 is 2.51 bits per heavy atom. The van der Waals surface area contributed by atoms with E-state index in [-0.39, 0.29) is 29.2 Å². The molecule has 1 aliphatic rings. The van der Waals surface area contributed by atoms with Crippen molar-refractivity contribution in [2.45, 2.75) is 13.0 Å². The Bertz CT molecular complexity index is 1540. The van der Waals surface area contributed by atoms with Gasteiger partial charge in [0.25, 0.3) is 5.91 Å². The van der Waals surface area contributed by atoms with Crippen LogP contribution < -0.4 is 25.5 Å². The Balaban J connectivity index is 1.36. The van der Waals surface area contributed by atoms with Crippen LogP contribution in [-0.2, 0) is 14.3 Å². The maximum Gasteiger partial charge on any atom is 0.337 e. The van der Waals surface area contributed by atoms with Crippen LogP contribution in [-0.4, -0.2) is 56.0 Å². The summed E-state index contributed by atoms with van der Waals surface area (Å²) in [6.45, 7) is 1.21. The van der Waals surface area contributed by atoms with Crippen LogP contribution in [0.1, 0.15) is 34.6 Å². The number of esters is 1. The second kappa shape index (κ2) is 12.5. The smallest absolute Gasteiger partial charge is 0.337 e. The highest BCUT2D eigenvalue weighted by Crippen LogP contribution is 2.34. The molecule has 2 heterocycles. The molecule has 0 spiro atoms. The van der Waals surface area contributed by atoms with E-state index in [9.17, 15) is 19.2 Å². The van der Waals surface area contributed by atoms with Gasteiger partial charge in [0.05, 0.1) is 37.6 Å². The van der Waals surface area contributed by atoms with E-state index in [0.717, 1.165) is 0 Å². The third-order valence-corrected chi connectivity index (χ3v) is 5.98. The number of allylic oxidation sites excluding steroid dienone is 1. The molecule has 0 saturated heterocycles. The number of rotatable bonds is 10. The molecule has 3 aromatic rings. The quantitative estimate of drug-likeness (QED) is 0.164. The van der Waals surface area contributed by atoms with Crippen molar-refractivity contribution in [3.63, 3.8) is 0 Å². The lowest BCUT2D eigenvalue weighted by molar-refractivity contribution is -0.136. The molecule has 0 unspecified atom stereocenters. The molecule has 212 valence electrons. The van der Waals surface area contributed by atoms with Crippen molar-refractivity contribution < 1.29 is 42.9 Å². The number of urea groups is 1. The lowest BCUT2D eigenvalue weighted by atomic mass is 9.95. The van der Waals surface area contributed by atoms with E-state index in [1.54, 1.807) is 49.4 Å². The fraction of sp³-hybridized carbons (Fsp3) is 0.179. The minimum Gasteiger partial charge on any atom is -0.493 e. The minimum absolute atomic E-state index is 0.163. The Hall–Kier alpha value is -5.59. The SMILES string of the molecule is COC(=O)C1=C(C)NC(=O)N[C@@H]1c1ccc(OCC(=O)N/N=C\c2ccc(-c3ccc(C(=O)O)cc3)o2)c(OC)c1. The predicted molar refractivity (Wildman–Crippen MR) is 144 cm³/mol. The molecule has 4 N–H and O–H groups in total. The third-order valence-electron chi connectivity index (χ3n) is 5.98. The van der Waals surface area contributed by atoms with Crippen molar-refractivity contribution >= 4 is 30.1 Å². The van der Waals surface area contributed by atoms with Gasteiger partial charge in [-0.1, -0.05) is 18.2 Å². The highest BCUT2D eigenvalue weighted by Gasteiger charge is 2.32. The number of carbonyl (C=O) groups is 4. The average molecular weight is 563 g/mol. The Morgan fingerprint density at radius 1 is 1.07 bits per heavy atom. The van der Waals surface area contributed by atoms with Crippen molar-refractivity contribution in [1.82, 2.24) is 16.1 Å². The third kappa shape index (κ3) is 6.71. The van der Waals surface area contributed by atoms with Gasteiger partial charge in [-0.15, -0.1) is 0 Å². The van der Waals surface area contributed by atoms with Crippen LogP contribution in [0.2, 0.25) is 0 Å². The first-order valence-corrected chi connectivity index (χ1v) is 12.1. The van der Waals surface area contributed by atoms with Crippen molar-refractivity contribution in [3.05, 3.63) is 82.8 Å². The summed E-state index contributed by atoms with van der Waals surface area (Å²) < 4.78 is 21.5. The molecular formula is C28H26N4O9. The number of nitrogens with one attached hydrogen (secondary N) is 3. The molecule has 13 nitrogen and oxygen atoms in total. The van der Waals surface area contributed by atoms with Crippen LogP contribution >= 0.6 is 0 Å². The largest absolute Gasteiger partial charge is 0.493 e. The molecule has 0 radical (unpaired) electrons. The van der Waals surface area contributed by atoms with Crippen LogP contribution in [0, 0.1) is 0 Å². The molecule has 1 aromatic heterocycles. The van der Waals surface area contributed by atoms with Gasteiger partial charge in [0.15, 0.2) is 18.1 Å². The number of ether oxygens (including phenoxy) is 3. The standard InChI is InChI=1S/C28H26N4O9/c1-15-24(27(36)39-3)25(31-28(37)30-15)18-8-10-21(22(12-18)38-2)40-14-23(33)32-29-13-19-9-11-20(41-19)16-4-6-17(7-5-16)26(34)35/h4-13,25H,14H2,1-3H3,(H,32,33)(H,34,35)(H2,30,31,37)/b29-13-/t25-/m1/s1. The monoisotopic (exact) mass is 562 g/mol. The summed E-state index contributed by atoms with van der Waals surface area (Å²) in [4.78, 5) is 47.7. The van der Waals surface area contributed by atoms with Gasteiger partial charge < -0.3 is 34.4 Å². The fourth-order valence-electron chi connectivity index (χ4n) is 4.01. The number of carbonyl (C=O) groups excluding carboxylic acids is 3. The maximum atomic E-state index is 12.3. The van der Waals surface area contributed by atoms with E-state index in [1.807, 2.05) is 0 Å². The van der Waals surface area contributed by atoms with E-state index in [1.165, 1.54) is 32.6 Å².